The quantitative estimate of drug-likeness (QED) is 0.537. The van der Waals surface area contributed by atoms with Crippen LogP contribution >= 0.6 is 0 Å². The highest BCUT2D eigenvalue weighted by atomic mass is 127. The van der Waals surface area contributed by atoms with E-state index in [2.05, 4.69) is 40.3 Å². The molecule has 1 aromatic rings. The Balaban J connectivity index is 0.00000108. The molecule has 1 aliphatic carbocycles. The van der Waals surface area contributed by atoms with Crippen molar-refractivity contribution in [2.75, 3.05) is 12.8 Å². The van der Waals surface area contributed by atoms with E-state index in [0.717, 1.165) is 18.5 Å². The number of nitrogen functional groups attached to an aromatic ring is 1. The second-order valence-corrected chi connectivity index (χ2v) is 4.34. The second kappa shape index (κ2) is 4.64. The molecule has 1 aromatic heterocycles. The Morgan fingerprint density at radius 2 is 2.35 bits per heavy atom. The van der Waals surface area contributed by atoms with Crippen LogP contribution in [-0.4, -0.2) is 23.0 Å². The third-order valence-corrected chi connectivity index (χ3v) is 3.34. The largest absolute Gasteiger partial charge is 1.00 e. The van der Waals surface area contributed by atoms with Crippen molar-refractivity contribution in [1.29, 1.82) is 0 Å². The van der Waals surface area contributed by atoms with Gasteiger partial charge in [-0.25, -0.2) is 4.98 Å². The first-order valence-corrected chi connectivity index (χ1v) is 5.53. The number of hydrogen-bond donors (Lipinski definition) is 1. The Bertz CT molecular complexity index is 495. The van der Waals surface area contributed by atoms with Gasteiger partial charge in [0.05, 0.1) is 12.2 Å². The van der Waals surface area contributed by atoms with Crippen LogP contribution in [0.2, 0.25) is 0 Å². The molecule has 3 rings (SSSR count). The summed E-state index contributed by atoms with van der Waals surface area (Å²) in [5.74, 6) is 0.484. The van der Waals surface area contributed by atoms with E-state index in [9.17, 15) is 0 Å². The van der Waals surface area contributed by atoms with Crippen LogP contribution in [0, 0.1) is 0 Å². The predicted molar refractivity (Wildman–Crippen MR) is 62.2 cm³/mol. The van der Waals surface area contributed by atoms with Gasteiger partial charge in [-0.3, -0.25) is 5.73 Å². The van der Waals surface area contributed by atoms with Crippen molar-refractivity contribution in [2.24, 2.45) is 0 Å². The second-order valence-electron chi connectivity index (χ2n) is 4.34. The maximum Gasteiger partial charge on any atom is 0.387 e. The van der Waals surface area contributed by atoms with E-state index < -0.39 is 0 Å². The molecule has 0 saturated carbocycles. The van der Waals surface area contributed by atoms with Gasteiger partial charge in [-0.2, -0.15) is 0 Å². The number of aromatic amines is 1. The van der Waals surface area contributed by atoms with Crippen molar-refractivity contribution in [3.63, 3.8) is 0 Å². The normalized spacial score (nSPS) is 21.1. The summed E-state index contributed by atoms with van der Waals surface area (Å²) in [6.07, 6.45) is 10.5. The standard InChI is InChI=1S/C12H14N4.HI/c1-16-6-2-3-9-10(16)5-4-8-7-14-12(13)15-11(8)9;/h2-3,6-7,10H,4-5H2,1H3,(H2,13,14,15);1H. The SMILES string of the molecule is CN1C=CC=C2c3nc(N)[nH+]cc3CCC21.[I-]. The zero-order valence-corrected chi connectivity index (χ0v) is 11.8. The Morgan fingerprint density at radius 1 is 1.53 bits per heavy atom. The number of anilines is 1. The van der Waals surface area contributed by atoms with Crippen LogP contribution in [0.1, 0.15) is 17.7 Å². The molecule has 1 unspecified atom stereocenters. The van der Waals surface area contributed by atoms with Gasteiger partial charge in [0.2, 0.25) is 0 Å². The highest BCUT2D eigenvalue weighted by Gasteiger charge is 2.30. The van der Waals surface area contributed by atoms with Gasteiger partial charge in [0.15, 0.2) is 5.69 Å². The zero-order valence-electron chi connectivity index (χ0n) is 9.65. The molecule has 0 saturated heterocycles. The van der Waals surface area contributed by atoms with Crippen LogP contribution in [0.5, 0.6) is 0 Å². The van der Waals surface area contributed by atoms with Crippen molar-refractivity contribution < 1.29 is 29.0 Å². The van der Waals surface area contributed by atoms with Crippen molar-refractivity contribution >= 4 is 11.5 Å². The van der Waals surface area contributed by atoms with Gasteiger partial charge in [-0.1, -0.05) is 11.1 Å². The average Bonchev–Trinajstić information content (AvgIpc) is 2.29. The molecule has 90 valence electrons. The monoisotopic (exact) mass is 342 g/mol. The molecule has 0 aromatic carbocycles. The molecule has 0 radical (unpaired) electrons. The molecule has 3 N–H and O–H groups in total. The van der Waals surface area contributed by atoms with Crippen LogP contribution in [0.4, 0.5) is 5.95 Å². The number of aryl methyl sites for hydroxylation is 1. The van der Waals surface area contributed by atoms with Gasteiger partial charge in [0, 0.05) is 18.2 Å². The van der Waals surface area contributed by atoms with Crippen LogP contribution < -0.4 is 34.7 Å². The van der Waals surface area contributed by atoms with E-state index in [1.54, 1.807) is 0 Å². The first kappa shape index (κ1) is 12.3. The molecular formula is C12H15IN4. The molecule has 0 bridgehead atoms. The molecule has 0 spiro atoms. The third-order valence-electron chi connectivity index (χ3n) is 3.34. The lowest BCUT2D eigenvalue weighted by Gasteiger charge is -2.34. The fraction of sp³-hybridized carbons (Fsp3) is 0.333. The Morgan fingerprint density at radius 3 is 3.18 bits per heavy atom. The summed E-state index contributed by atoms with van der Waals surface area (Å²) in [6.45, 7) is 0. The molecule has 2 heterocycles. The average molecular weight is 342 g/mol. The van der Waals surface area contributed by atoms with Gasteiger partial charge in [-0.05, 0) is 25.1 Å². The minimum absolute atomic E-state index is 0. The molecule has 5 heteroatoms. The number of H-pyrrole nitrogens is 1. The summed E-state index contributed by atoms with van der Waals surface area (Å²) in [7, 11) is 2.11. The highest BCUT2D eigenvalue weighted by molar-refractivity contribution is 5.73. The lowest BCUT2D eigenvalue weighted by atomic mass is 9.86. The minimum Gasteiger partial charge on any atom is -1.00 e. The lowest BCUT2D eigenvalue weighted by Crippen LogP contribution is -3.00. The van der Waals surface area contributed by atoms with Crippen molar-refractivity contribution in [3.05, 3.63) is 35.8 Å². The van der Waals surface area contributed by atoms with Gasteiger partial charge in [0.25, 0.3) is 0 Å². The fourth-order valence-corrected chi connectivity index (χ4v) is 2.50. The van der Waals surface area contributed by atoms with Crippen LogP contribution in [0.3, 0.4) is 0 Å². The predicted octanol–water partition coefficient (Wildman–Crippen LogP) is -2.36. The number of halogens is 1. The van der Waals surface area contributed by atoms with Gasteiger partial charge < -0.3 is 28.9 Å². The van der Waals surface area contributed by atoms with Crippen LogP contribution in [0.15, 0.2) is 24.5 Å². The molecule has 0 amide bonds. The molecule has 2 aliphatic rings. The van der Waals surface area contributed by atoms with E-state index >= 15 is 0 Å². The summed E-state index contributed by atoms with van der Waals surface area (Å²) < 4.78 is 0. The number of allylic oxidation sites excluding steroid dienone is 2. The number of nitrogens with two attached hydrogens (primary N) is 1. The summed E-state index contributed by atoms with van der Waals surface area (Å²) >= 11 is 0. The van der Waals surface area contributed by atoms with E-state index in [1.165, 1.54) is 11.1 Å². The Labute approximate surface area is 118 Å². The number of nitrogens with one attached hydrogen (secondary N) is 1. The molecule has 4 nitrogen and oxygen atoms in total. The van der Waals surface area contributed by atoms with Crippen LogP contribution in [0.25, 0.3) is 5.57 Å². The Kier molecular flexibility index (Phi) is 3.37. The van der Waals surface area contributed by atoms with Crippen molar-refractivity contribution in [2.45, 2.75) is 18.9 Å². The first-order chi connectivity index (χ1) is 7.75. The van der Waals surface area contributed by atoms with Crippen LogP contribution in [-0.2, 0) is 6.42 Å². The number of hydrogen-bond acceptors (Lipinski definition) is 3. The van der Waals surface area contributed by atoms with Crippen molar-refractivity contribution in [3.8, 4) is 0 Å². The molecule has 0 fully saturated rings. The number of fused-ring (bicyclic) bond motifs is 3. The van der Waals surface area contributed by atoms with Gasteiger partial charge in [-0.15, -0.1) is 0 Å². The zero-order chi connectivity index (χ0) is 11.1. The number of aromatic nitrogens is 2. The van der Waals surface area contributed by atoms with E-state index in [0.29, 0.717) is 12.0 Å². The summed E-state index contributed by atoms with van der Waals surface area (Å²) in [4.78, 5) is 9.64. The summed E-state index contributed by atoms with van der Waals surface area (Å²) in [5, 5.41) is 0. The van der Waals surface area contributed by atoms with Gasteiger partial charge >= 0.3 is 5.95 Å². The Hall–Kier alpha value is -1.11. The number of nitrogens with zero attached hydrogens (tertiary/aromatic N) is 2. The smallest absolute Gasteiger partial charge is 0.387 e. The summed E-state index contributed by atoms with van der Waals surface area (Å²) in [5.41, 5.74) is 9.32. The fourth-order valence-electron chi connectivity index (χ4n) is 2.50. The number of likely N-dealkylation sites (N-methyl/N-ethyl adjacent to an activating group) is 1. The molecule has 1 atom stereocenters. The third kappa shape index (κ3) is 2.03. The van der Waals surface area contributed by atoms with Crippen molar-refractivity contribution in [1.82, 2.24) is 9.88 Å². The van der Waals surface area contributed by atoms with Gasteiger partial charge in [0.1, 0.15) is 0 Å². The molecular weight excluding hydrogens is 327 g/mol. The highest BCUT2D eigenvalue weighted by Crippen LogP contribution is 2.33. The van der Waals surface area contributed by atoms with E-state index in [1.807, 2.05) is 6.20 Å². The first-order valence-electron chi connectivity index (χ1n) is 5.53. The maximum atomic E-state index is 5.71. The molecule has 1 aliphatic heterocycles. The minimum atomic E-state index is 0. The molecule has 17 heavy (non-hydrogen) atoms. The lowest BCUT2D eigenvalue weighted by molar-refractivity contribution is -0.365. The van der Waals surface area contributed by atoms with E-state index in [4.69, 9.17) is 5.73 Å². The maximum absolute atomic E-state index is 5.71. The number of rotatable bonds is 0. The topological polar surface area (TPSA) is 56.3 Å². The summed E-state index contributed by atoms with van der Waals surface area (Å²) in [6, 6.07) is 0.451. The van der Waals surface area contributed by atoms with E-state index in [-0.39, 0.29) is 24.0 Å².